The molecule has 4 amide bonds. The summed E-state index contributed by atoms with van der Waals surface area (Å²) >= 11 is 0. The number of likely N-dealkylation sites (tertiary alicyclic amines) is 2. The van der Waals surface area contributed by atoms with Crippen LogP contribution in [0, 0.1) is 17.8 Å². The summed E-state index contributed by atoms with van der Waals surface area (Å²) in [5.74, 6) is -1.23. The highest BCUT2D eigenvalue weighted by Crippen LogP contribution is 2.53. The van der Waals surface area contributed by atoms with Gasteiger partial charge in [-0.3, -0.25) is 19.2 Å². The van der Waals surface area contributed by atoms with Gasteiger partial charge in [0.25, 0.3) is 5.91 Å². The number of amides is 4. The molecule has 2 aromatic carbocycles. The van der Waals surface area contributed by atoms with Crippen molar-refractivity contribution in [2.24, 2.45) is 23.5 Å². The van der Waals surface area contributed by atoms with Crippen LogP contribution in [-0.4, -0.2) is 59.1 Å². The molecule has 0 radical (unpaired) electrons. The molecule has 4 atom stereocenters. The van der Waals surface area contributed by atoms with E-state index in [0.29, 0.717) is 30.9 Å². The number of carbonyl (C=O) groups is 4. The summed E-state index contributed by atoms with van der Waals surface area (Å²) in [7, 11) is 0. The Balaban J connectivity index is 1.14. The van der Waals surface area contributed by atoms with Crippen molar-refractivity contribution in [2.75, 3.05) is 25.0 Å². The van der Waals surface area contributed by atoms with E-state index in [-0.39, 0.29) is 41.5 Å². The van der Waals surface area contributed by atoms with Crippen molar-refractivity contribution in [3.05, 3.63) is 71.8 Å². The van der Waals surface area contributed by atoms with Gasteiger partial charge in [-0.05, 0) is 42.7 Å². The van der Waals surface area contributed by atoms with Gasteiger partial charge in [0.1, 0.15) is 0 Å². The SMILES string of the molecule is NC(=O)C(c1ccccc1)C1CCCCN1C(=O)C1C2CN(C(=O)/C=C3\C(=O)Nc4ccccc43)CC21. The molecule has 6 rings (SSSR count). The number of nitrogens with two attached hydrogens (primary N) is 1. The van der Waals surface area contributed by atoms with Crippen LogP contribution in [0.2, 0.25) is 0 Å². The number of benzene rings is 2. The number of piperidine rings is 2. The van der Waals surface area contributed by atoms with Crippen molar-refractivity contribution >= 4 is 34.9 Å². The maximum absolute atomic E-state index is 13.7. The molecule has 4 unspecified atom stereocenters. The third-order valence-corrected chi connectivity index (χ3v) is 8.45. The lowest BCUT2D eigenvalue weighted by molar-refractivity contribution is -0.140. The number of hydrogen-bond donors (Lipinski definition) is 2. The molecule has 3 N–H and O–H groups in total. The van der Waals surface area contributed by atoms with Crippen LogP contribution in [0.25, 0.3) is 5.57 Å². The predicted octanol–water partition coefficient (Wildman–Crippen LogP) is 2.38. The van der Waals surface area contributed by atoms with Gasteiger partial charge in [0.05, 0.1) is 11.5 Å². The van der Waals surface area contributed by atoms with Crippen LogP contribution < -0.4 is 11.1 Å². The van der Waals surface area contributed by atoms with E-state index in [2.05, 4.69) is 5.32 Å². The van der Waals surface area contributed by atoms with Gasteiger partial charge in [-0.25, -0.2) is 0 Å². The summed E-state index contributed by atoms with van der Waals surface area (Å²) in [5.41, 5.74) is 8.52. The number of anilines is 1. The highest BCUT2D eigenvalue weighted by molar-refractivity contribution is 6.33. The summed E-state index contributed by atoms with van der Waals surface area (Å²) < 4.78 is 0. The van der Waals surface area contributed by atoms with Crippen LogP contribution in [0.3, 0.4) is 0 Å². The van der Waals surface area contributed by atoms with Gasteiger partial charge in [0, 0.05) is 48.9 Å². The Labute approximate surface area is 215 Å². The van der Waals surface area contributed by atoms with Crippen molar-refractivity contribution in [2.45, 2.75) is 31.2 Å². The van der Waals surface area contributed by atoms with Gasteiger partial charge in [-0.15, -0.1) is 0 Å². The maximum Gasteiger partial charge on any atom is 0.256 e. The van der Waals surface area contributed by atoms with E-state index in [1.807, 2.05) is 59.5 Å². The molecule has 1 aliphatic carbocycles. The van der Waals surface area contributed by atoms with Gasteiger partial charge in [-0.1, -0.05) is 48.5 Å². The standard InChI is InChI=1S/C29H30N4O4/c30-27(35)25(17-8-2-1-3-9-17)23-12-6-7-13-33(23)29(37)26-20-15-32(16-21(20)26)24(34)14-19-18-10-4-5-11-22(18)31-28(19)36/h1-5,8-11,14,20-21,23,25-26H,6-7,12-13,15-16H2,(H2,30,35)(H,31,36)/b19-14-. The number of fused-ring (bicyclic) bond motifs is 2. The fraction of sp³-hybridized carbons (Fsp3) is 0.379. The van der Waals surface area contributed by atoms with E-state index < -0.39 is 11.8 Å². The fourth-order valence-electron chi connectivity index (χ4n) is 6.58. The Morgan fingerprint density at radius 1 is 0.973 bits per heavy atom. The Hall–Kier alpha value is -3.94. The summed E-state index contributed by atoms with van der Waals surface area (Å²) in [5, 5.41) is 2.79. The van der Waals surface area contributed by atoms with Crippen LogP contribution >= 0.6 is 0 Å². The highest BCUT2D eigenvalue weighted by Gasteiger charge is 2.61. The summed E-state index contributed by atoms with van der Waals surface area (Å²) in [6, 6.07) is 16.6. The van der Waals surface area contributed by atoms with Gasteiger partial charge in [-0.2, -0.15) is 0 Å². The number of nitrogens with zero attached hydrogens (tertiary/aromatic N) is 2. The zero-order valence-corrected chi connectivity index (χ0v) is 20.5. The molecule has 0 bridgehead atoms. The lowest BCUT2D eigenvalue weighted by atomic mass is 9.84. The Morgan fingerprint density at radius 3 is 2.41 bits per heavy atom. The van der Waals surface area contributed by atoms with E-state index in [9.17, 15) is 19.2 Å². The molecular weight excluding hydrogens is 468 g/mol. The average Bonchev–Trinajstić information content (AvgIpc) is 3.22. The van der Waals surface area contributed by atoms with Gasteiger partial charge < -0.3 is 20.9 Å². The second-order valence-electron chi connectivity index (χ2n) is 10.5. The van der Waals surface area contributed by atoms with Crippen LogP contribution in [-0.2, 0) is 19.2 Å². The minimum Gasteiger partial charge on any atom is -0.369 e. The van der Waals surface area contributed by atoms with E-state index in [1.165, 1.54) is 6.08 Å². The van der Waals surface area contributed by atoms with Crippen LogP contribution in [0.1, 0.15) is 36.3 Å². The molecule has 8 heteroatoms. The first-order valence-corrected chi connectivity index (χ1v) is 13.0. The van der Waals surface area contributed by atoms with Crippen LogP contribution in [0.15, 0.2) is 60.7 Å². The molecule has 3 heterocycles. The monoisotopic (exact) mass is 498 g/mol. The smallest absolute Gasteiger partial charge is 0.256 e. The molecule has 2 saturated heterocycles. The number of hydrogen-bond acceptors (Lipinski definition) is 4. The molecule has 0 spiro atoms. The number of nitrogens with one attached hydrogen (secondary N) is 1. The van der Waals surface area contributed by atoms with Crippen molar-refractivity contribution < 1.29 is 19.2 Å². The molecule has 3 fully saturated rings. The third-order valence-electron chi connectivity index (χ3n) is 8.45. The first kappa shape index (κ1) is 23.5. The molecule has 2 aromatic rings. The van der Waals surface area contributed by atoms with Gasteiger partial charge in [0.15, 0.2) is 0 Å². The first-order valence-electron chi connectivity index (χ1n) is 13.0. The third kappa shape index (κ3) is 4.10. The fourth-order valence-corrected chi connectivity index (χ4v) is 6.58. The van der Waals surface area contributed by atoms with Gasteiger partial charge in [0.2, 0.25) is 17.7 Å². The van der Waals surface area contributed by atoms with E-state index in [4.69, 9.17) is 5.73 Å². The predicted molar refractivity (Wildman–Crippen MR) is 138 cm³/mol. The minimum absolute atomic E-state index is 0.0800. The normalized spacial score (nSPS) is 27.9. The average molecular weight is 499 g/mol. The van der Waals surface area contributed by atoms with Gasteiger partial charge >= 0.3 is 0 Å². The van der Waals surface area contributed by atoms with Crippen LogP contribution in [0.5, 0.6) is 0 Å². The lowest BCUT2D eigenvalue weighted by Gasteiger charge is -2.40. The first-order chi connectivity index (χ1) is 17.9. The number of rotatable bonds is 5. The minimum atomic E-state index is -0.533. The highest BCUT2D eigenvalue weighted by atomic mass is 16.2. The van der Waals surface area contributed by atoms with Crippen molar-refractivity contribution in [3.63, 3.8) is 0 Å². The van der Waals surface area contributed by atoms with E-state index in [1.54, 1.807) is 4.90 Å². The largest absolute Gasteiger partial charge is 0.369 e. The lowest BCUT2D eigenvalue weighted by Crippen LogP contribution is -2.51. The Morgan fingerprint density at radius 2 is 1.68 bits per heavy atom. The van der Waals surface area contributed by atoms with Crippen LogP contribution in [0.4, 0.5) is 5.69 Å². The molecule has 37 heavy (non-hydrogen) atoms. The molecule has 1 saturated carbocycles. The van der Waals surface area contributed by atoms with E-state index >= 15 is 0 Å². The number of primary amides is 1. The Bertz CT molecular complexity index is 1290. The zero-order chi connectivity index (χ0) is 25.7. The zero-order valence-electron chi connectivity index (χ0n) is 20.5. The molecule has 4 aliphatic rings. The van der Waals surface area contributed by atoms with Crippen molar-refractivity contribution in [3.8, 4) is 0 Å². The quantitative estimate of drug-likeness (QED) is 0.617. The summed E-state index contributed by atoms with van der Waals surface area (Å²) in [6.07, 6.45) is 4.03. The summed E-state index contributed by atoms with van der Waals surface area (Å²) in [6.45, 7) is 1.63. The van der Waals surface area contributed by atoms with E-state index in [0.717, 1.165) is 30.4 Å². The molecule has 0 aromatic heterocycles. The molecule has 190 valence electrons. The number of para-hydroxylation sites is 1. The molecule has 3 aliphatic heterocycles. The second kappa shape index (κ2) is 9.18. The molecule has 8 nitrogen and oxygen atoms in total. The molecular formula is C29H30N4O4. The summed E-state index contributed by atoms with van der Waals surface area (Å²) in [4.78, 5) is 55.2. The topological polar surface area (TPSA) is 113 Å². The number of carbonyl (C=O) groups excluding carboxylic acids is 4. The van der Waals surface area contributed by atoms with Crippen molar-refractivity contribution in [1.82, 2.24) is 9.80 Å². The Kier molecular flexibility index (Phi) is 5.82. The second-order valence-corrected chi connectivity index (χ2v) is 10.5. The maximum atomic E-state index is 13.7. The van der Waals surface area contributed by atoms with Crippen molar-refractivity contribution in [1.29, 1.82) is 0 Å².